The fourth-order valence-corrected chi connectivity index (χ4v) is 2.39. The number of benzene rings is 2. The van der Waals surface area contributed by atoms with E-state index in [1.807, 2.05) is 43.4 Å². The minimum Gasteiger partial charge on any atom is -0.482 e. The van der Waals surface area contributed by atoms with Crippen LogP contribution in [0.25, 0.3) is 0 Å². The summed E-state index contributed by atoms with van der Waals surface area (Å²) >= 11 is 0. The van der Waals surface area contributed by atoms with E-state index in [9.17, 15) is 0 Å². The van der Waals surface area contributed by atoms with Gasteiger partial charge >= 0.3 is 0 Å². The number of hydrogen-bond donors (Lipinski definition) is 1. The molecule has 4 nitrogen and oxygen atoms in total. The van der Waals surface area contributed by atoms with Gasteiger partial charge in [-0.15, -0.1) is 0 Å². The van der Waals surface area contributed by atoms with Gasteiger partial charge in [0.1, 0.15) is 6.10 Å². The van der Waals surface area contributed by atoms with Crippen molar-refractivity contribution < 1.29 is 14.2 Å². The Kier molecular flexibility index (Phi) is 4.26. The molecule has 0 bridgehead atoms. The van der Waals surface area contributed by atoms with E-state index in [0.29, 0.717) is 5.75 Å². The van der Waals surface area contributed by atoms with E-state index in [1.54, 1.807) is 0 Å². The molecule has 2 aromatic carbocycles. The Labute approximate surface area is 124 Å². The quantitative estimate of drug-likeness (QED) is 0.885. The molecule has 21 heavy (non-hydrogen) atoms. The Morgan fingerprint density at radius 3 is 2.76 bits per heavy atom. The van der Waals surface area contributed by atoms with Gasteiger partial charge in [0.15, 0.2) is 11.5 Å². The Morgan fingerprint density at radius 1 is 1.10 bits per heavy atom. The fraction of sp³-hybridized carbons (Fsp3) is 0.294. The standard InChI is InChI=1S/C17H19NO3/c1-18-11-10-14(13-6-3-2-4-7-13)21-16-9-5-8-15-17(16)20-12-19-15/h2-9,14,18H,10-12H2,1H3/t14-/m1/s1. The smallest absolute Gasteiger partial charge is 0.231 e. The van der Waals surface area contributed by atoms with Crippen LogP contribution < -0.4 is 19.5 Å². The summed E-state index contributed by atoms with van der Waals surface area (Å²) in [6.07, 6.45) is 0.861. The van der Waals surface area contributed by atoms with Gasteiger partial charge in [-0.25, -0.2) is 0 Å². The van der Waals surface area contributed by atoms with Gasteiger partial charge in [0.05, 0.1) is 0 Å². The predicted molar refractivity (Wildman–Crippen MR) is 80.9 cm³/mol. The van der Waals surface area contributed by atoms with Crippen molar-refractivity contribution in [3.63, 3.8) is 0 Å². The van der Waals surface area contributed by atoms with Crippen LogP contribution in [0.2, 0.25) is 0 Å². The van der Waals surface area contributed by atoms with Gasteiger partial charge in [-0.1, -0.05) is 36.4 Å². The summed E-state index contributed by atoms with van der Waals surface area (Å²) in [7, 11) is 1.94. The minimum absolute atomic E-state index is 0.0191. The predicted octanol–water partition coefficient (Wildman–Crippen LogP) is 3.14. The molecule has 1 aliphatic rings. The van der Waals surface area contributed by atoms with Crippen LogP contribution >= 0.6 is 0 Å². The first-order valence-corrected chi connectivity index (χ1v) is 7.13. The second-order valence-electron chi connectivity index (χ2n) is 4.90. The summed E-state index contributed by atoms with van der Waals surface area (Å²) in [6, 6.07) is 16.0. The molecular weight excluding hydrogens is 266 g/mol. The minimum atomic E-state index is -0.0191. The van der Waals surface area contributed by atoms with Crippen LogP contribution in [0.4, 0.5) is 0 Å². The number of hydrogen-bond acceptors (Lipinski definition) is 4. The molecule has 2 aromatic rings. The van der Waals surface area contributed by atoms with Gasteiger partial charge in [0, 0.05) is 6.42 Å². The Balaban J connectivity index is 1.83. The second kappa shape index (κ2) is 6.50. The van der Waals surface area contributed by atoms with Crippen molar-refractivity contribution in [2.75, 3.05) is 20.4 Å². The molecule has 1 heterocycles. The molecule has 1 N–H and O–H groups in total. The largest absolute Gasteiger partial charge is 0.482 e. The Morgan fingerprint density at radius 2 is 1.95 bits per heavy atom. The lowest BCUT2D eigenvalue weighted by molar-refractivity contribution is 0.158. The summed E-state index contributed by atoms with van der Waals surface area (Å²) in [5.74, 6) is 2.17. The van der Waals surface area contributed by atoms with Crippen molar-refractivity contribution in [2.45, 2.75) is 12.5 Å². The highest BCUT2D eigenvalue weighted by atomic mass is 16.7. The molecule has 0 spiro atoms. The van der Waals surface area contributed by atoms with Gasteiger partial charge in [-0.3, -0.25) is 0 Å². The van der Waals surface area contributed by atoms with E-state index in [4.69, 9.17) is 14.2 Å². The van der Waals surface area contributed by atoms with Crippen LogP contribution in [0, 0.1) is 0 Å². The molecule has 0 unspecified atom stereocenters. The van der Waals surface area contributed by atoms with Crippen LogP contribution in [0.3, 0.4) is 0 Å². The normalized spacial score (nSPS) is 14.0. The van der Waals surface area contributed by atoms with Crippen LogP contribution in [0.15, 0.2) is 48.5 Å². The molecule has 0 amide bonds. The SMILES string of the molecule is CNCC[C@@H](Oc1cccc2c1OCO2)c1ccccc1. The highest BCUT2D eigenvalue weighted by Gasteiger charge is 2.21. The maximum atomic E-state index is 6.20. The van der Waals surface area contributed by atoms with Gasteiger partial charge in [-0.2, -0.15) is 0 Å². The van der Waals surface area contributed by atoms with Crippen molar-refractivity contribution >= 4 is 0 Å². The lowest BCUT2D eigenvalue weighted by Crippen LogP contribution is -2.16. The van der Waals surface area contributed by atoms with Gasteiger partial charge in [0.2, 0.25) is 12.5 Å². The van der Waals surface area contributed by atoms with E-state index >= 15 is 0 Å². The molecule has 0 aliphatic carbocycles. The Hall–Kier alpha value is -2.20. The summed E-state index contributed by atoms with van der Waals surface area (Å²) in [6.45, 7) is 1.13. The fourth-order valence-electron chi connectivity index (χ4n) is 2.39. The third-order valence-electron chi connectivity index (χ3n) is 3.46. The molecule has 4 heteroatoms. The first-order valence-electron chi connectivity index (χ1n) is 7.13. The van der Waals surface area contributed by atoms with Crippen LogP contribution in [-0.2, 0) is 0 Å². The first kappa shape index (κ1) is 13.8. The van der Waals surface area contributed by atoms with E-state index in [2.05, 4.69) is 17.4 Å². The highest BCUT2D eigenvalue weighted by Crippen LogP contribution is 2.42. The number of fused-ring (bicyclic) bond motifs is 1. The third kappa shape index (κ3) is 3.11. The first-order chi connectivity index (χ1) is 10.4. The zero-order chi connectivity index (χ0) is 14.5. The van der Waals surface area contributed by atoms with Crippen molar-refractivity contribution in [1.82, 2.24) is 5.32 Å². The van der Waals surface area contributed by atoms with E-state index in [1.165, 1.54) is 0 Å². The van der Waals surface area contributed by atoms with E-state index in [0.717, 1.165) is 30.0 Å². The van der Waals surface area contributed by atoms with Crippen molar-refractivity contribution in [3.05, 3.63) is 54.1 Å². The maximum absolute atomic E-state index is 6.20. The van der Waals surface area contributed by atoms with Gasteiger partial charge in [0.25, 0.3) is 0 Å². The maximum Gasteiger partial charge on any atom is 0.231 e. The molecule has 0 saturated carbocycles. The van der Waals surface area contributed by atoms with Crippen LogP contribution in [0.1, 0.15) is 18.1 Å². The Bertz CT molecular complexity index is 586. The van der Waals surface area contributed by atoms with Crippen molar-refractivity contribution in [3.8, 4) is 17.2 Å². The molecule has 1 atom stereocenters. The van der Waals surface area contributed by atoms with Gasteiger partial charge < -0.3 is 19.5 Å². The molecular formula is C17H19NO3. The second-order valence-corrected chi connectivity index (χ2v) is 4.90. The average molecular weight is 285 g/mol. The van der Waals surface area contributed by atoms with Crippen molar-refractivity contribution in [1.29, 1.82) is 0 Å². The highest BCUT2D eigenvalue weighted by molar-refractivity contribution is 5.52. The third-order valence-corrected chi connectivity index (χ3v) is 3.46. The summed E-state index contributed by atoms with van der Waals surface area (Å²) in [5, 5.41) is 3.17. The molecule has 3 rings (SSSR count). The molecule has 0 radical (unpaired) electrons. The van der Waals surface area contributed by atoms with Crippen molar-refractivity contribution in [2.24, 2.45) is 0 Å². The number of nitrogens with one attached hydrogen (secondary N) is 1. The lowest BCUT2D eigenvalue weighted by Gasteiger charge is -2.20. The number of ether oxygens (including phenoxy) is 3. The van der Waals surface area contributed by atoms with Crippen LogP contribution in [-0.4, -0.2) is 20.4 Å². The number of para-hydroxylation sites is 1. The zero-order valence-corrected chi connectivity index (χ0v) is 12.0. The lowest BCUT2D eigenvalue weighted by atomic mass is 10.1. The molecule has 0 aromatic heterocycles. The summed E-state index contributed by atoms with van der Waals surface area (Å²) < 4.78 is 17.1. The average Bonchev–Trinajstić information content (AvgIpc) is 3.01. The van der Waals surface area contributed by atoms with Gasteiger partial charge in [-0.05, 0) is 31.3 Å². The zero-order valence-electron chi connectivity index (χ0n) is 12.0. The summed E-state index contributed by atoms with van der Waals surface area (Å²) in [4.78, 5) is 0. The molecule has 110 valence electrons. The monoisotopic (exact) mass is 285 g/mol. The van der Waals surface area contributed by atoms with E-state index in [-0.39, 0.29) is 12.9 Å². The van der Waals surface area contributed by atoms with E-state index < -0.39 is 0 Å². The molecule has 1 aliphatic heterocycles. The molecule has 0 saturated heterocycles. The molecule has 0 fully saturated rings. The van der Waals surface area contributed by atoms with Crippen LogP contribution in [0.5, 0.6) is 17.2 Å². The topological polar surface area (TPSA) is 39.7 Å². The number of rotatable bonds is 6. The summed E-state index contributed by atoms with van der Waals surface area (Å²) in [5.41, 5.74) is 1.16.